The van der Waals surface area contributed by atoms with Crippen LogP contribution in [0.1, 0.15) is 94.6 Å². The molecule has 0 aromatic heterocycles. The number of aliphatic hydroxyl groups excluding tert-OH is 1. The van der Waals surface area contributed by atoms with Gasteiger partial charge in [0.05, 0.1) is 6.10 Å². The van der Waals surface area contributed by atoms with Gasteiger partial charge in [-0.15, -0.1) is 0 Å². The fourth-order valence-electron chi connectivity index (χ4n) is 3.37. The molecule has 1 aromatic rings. The summed E-state index contributed by atoms with van der Waals surface area (Å²) in [6.45, 7) is 13.6. The van der Waals surface area contributed by atoms with Crippen LogP contribution in [-0.2, 0) is 6.42 Å². The summed E-state index contributed by atoms with van der Waals surface area (Å²) in [5.74, 6) is 1.04. The van der Waals surface area contributed by atoms with Gasteiger partial charge >= 0.3 is 0 Å². The van der Waals surface area contributed by atoms with Crippen molar-refractivity contribution in [3.8, 4) is 0 Å². The summed E-state index contributed by atoms with van der Waals surface area (Å²) in [6.07, 6.45) is 2.83. The van der Waals surface area contributed by atoms with E-state index in [1.165, 1.54) is 22.3 Å². The van der Waals surface area contributed by atoms with Crippen LogP contribution in [0.3, 0.4) is 0 Å². The van der Waals surface area contributed by atoms with E-state index in [4.69, 9.17) is 0 Å². The van der Waals surface area contributed by atoms with Crippen LogP contribution < -0.4 is 0 Å². The van der Waals surface area contributed by atoms with Gasteiger partial charge in [-0.05, 0) is 58.8 Å². The van der Waals surface area contributed by atoms with Gasteiger partial charge in [0, 0.05) is 0 Å². The molecule has 0 fully saturated rings. The lowest BCUT2D eigenvalue weighted by Gasteiger charge is -2.24. The maximum absolute atomic E-state index is 10.7. The monoisotopic (exact) mass is 274 g/mol. The first kappa shape index (κ1) is 15.6. The van der Waals surface area contributed by atoms with E-state index >= 15 is 0 Å². The van der Waals surface area contributed by atoms with Gasteiger partial charge in [0.25, 0.3) is 0 Å². The third kappa shape index (κ3) is 3.09. The first-order chi connectivity index (χ1) is 9.21. The molecule has 1 aromatic carbocycles. The molecule has 1 unspecified atom stereocenters. The van der Waals surface area contributed by atoms with E-state index in [-0.39, 0.29) is 11.5 Å². The Hall–Kier alpha value is -0.820. The Morgan fingerprint density at radius 3 is 2.30 bits per heavy atom. The van der Waals surface area contributed by atoms with E-state index in [0.717, 1.165) is 19.3 Å². The highest BCUT2D eigenvalue weighted by molar-refractivity contribution is 5.44. The number of benzene rings is 1. The van der Waals surface area contributed by atoms with E-state index in [0.29, 0.717) is 11.8 Å². The Labute approximate surface area is 124 Å². The first-order valence-corrected chi connectivity index (χ1v) is 8.06. The van der Waals surface area contributed by atoms with Crippen LogP contribution in [0.5, 0.6) is 0 Å². The summed E-state index contributed by atoms with van der Waals surface area (Å²) in [7, 11) is 0. The van der Waals surface area contributed by atoms with Crippen molar-refractivity contribution < 1.29 is 5.11 Å². The van der Waals surface area contributed by atoms with E-state index in [1.807, 2.05) is 0 Å². The maximum Gasteiger partial charge on any atom is 0.0798 e. The summed E-state index contributed by atoms with van der Waals surface area (Å²) in [4.78, 5) is 0. The van der Waals surface area contributed by atoms with Crippen molar-refractivity contribution in [2.24, 2.45) is 5.41 Å². The molecule has 20 heavy (non-hydrogen) atoms. The van der Waals surface area contributed by atoms with Crippen LogP contribution in [0.15, 0.2) is 12.1 Å². The minimum absolute atomic E-state index is 0.227. The Bertz CT molecular complexity index is 483. The van der Waals surface area contributed by atoms with Gasteiger partial charge in [-0.25, -0.2) is 0 Å². The highest BCUT2D eigenvalue weighted by Crippen LogP contribution is 2.42. The third-order valence-corrected chi connectivity index (χ3v) is 4.79. The van der Waals surface area contributed by atoms with Gasteiger partial charge in [0.2, 0.25) is 0 Å². The van der Waals surface area contributed by atoms with Crippen molar-refractivity contribution >= 4 is 0 Å². The van der Waals surface area contributed by atoms with E-state index in [2.05, 4.69) is 53.7 Å². The van der Waals surface area contributed by atoms with Crippen molar-refractivity contribution in [2.75, 3.05) is 0 Å². The zero-order valence-corrected chi connectivity index (χ0v) is 14.0. The lowest BCUT2D eigenvalue weighted by molar-refractivity contribution is 0.116. The molecule has 0 heterocycles. The van der Waals surface area contributed by atoms with Crippen molar-refractivity contribution in [3.05, 3.63) is 34.4 Å². The number of hydrogen-bond donors (Lipinski definition) is 1. The SMILES string of the molecule is CC(C)c1cc(C(C)C)c2c(c1)C(O)CC(C)(C)CC2. The number of aliphatic hydroxyl groups is 1. The molecule has 0 spiro atoms. The molecular formula is C19H30O. The van der Waals surface area contributed by atoms with E-state index in [9.17, 15) is 5.11 Å². The van der Waals surface area contributed by atoms with Crippen LogP contribution in [0, 0.1) is 5.41 Å². The van der Waals surface area contributed by atoms with E-state index < -0.39 is 0 Å². The molecule has 0 amide bonds. The van der Waals surface area contributed by atoms with Crippen molar-refractivity contribution in [3.63, 3.8) is 0 Å². The van der Waals surface area contributed by atoms with Crippen LogP contribution >= 0.6 is 0 Å². The van der Waals surface area contributed by atoms with Gasteiger partial charge in [0.1, 0.15) is 0 Å². The van der Waals surface area contributed by atoms with Crippen molar-refractivity contribution in [1.29, 1.82) is 0 Å². The second-order valence-corrected chi connectivity index (χ2v) is 7.87. The maximum atomic E-state index is 10.7. The van der Waals surface area contributed by atoms with Gasteiger partial charge in [-0.3, -0.25) is 0 Å². The molecule has 1 aliphatic rings. The van der Waals surface area contributed by atoms with Crippen LogP contribution in [0.4, 0.5) is 0 Å². The molecule has 1 aliphatic carbocycles. The third-order valence-electron chi connectivity index (χ3n) is 4.79. The highest BCUT2D eigenvalue weighted by atomic mass is 16.3. The largest absolute Gasteiger partial charge is 0.388 e. The van der Waals surface area contributed by atoms with Gasteiger partial charge in [-0.2, -0.15) is 0 Å². The number of hydrogen-bond acceptors (Lipinski definition) is 1. The van der Waals surface area contributed by atoms with Crippen LogP contribution in [0.25, 0.3) is 0 Å². The van der Waals surface area contributed by atoms with Crippen LogP contribution in [-0.4, -0.2) is 5.11 Å². The topological polar surface area (TPSA) is 20.2 Å². The molecular weight excluding hydrogens is 244 g/mol. The Morgan fingerprint density at radius 2 is 1.75 bits per heavy atom. The molecule has 0 saturated heterocycles. The summed E-state index contributed by atoms with van der Waals surface area (Å²) in [5, 5.41) is 10.7. The van der Waals surface area contributed by atoms with Crippen molar-refractivity contribution in [1.82, 2.24) is 0 Å². The molecule has 1 heteroatoms. The van der Waals surface area contributed by atoms with Crippen LogP contribution in [0.2, 0.25) is 0 Å². The average molecular weight is 274 g/mol. The minimum atomic E-state index is -0.307. The molecule has 0 radical (unpaired) electrons. The first-order valence-electron chi connectivity index (χ1n) is 8.06. The second-order valence-electron chi connectivity index (χ2n) is 7.87. The predicted octanol–water partition coefficient (Wildman–Crippen LogP) is 5.33. The average Bonchev–Trinajstić information content (AvgIpc) is 2.44. The normalized spacial score (nSPS) is 21.9. The summed E-state index contributed by atoms with van der Waals surface area (Å²) < 4.78 is 0. The summed E-state index contributed by atoms with van der Waals surface area (Å²) in [6, 6.07) is 4.64. The van der Waals surface area contributed by atoms with Gasteiger partial charge < -0.3 is 5.11 Å². The van der Waals surface area contributed by atoms with Gasteiger partial charge in [-0.1, -0.05) is 53.7 Å². The van der Waals surface area contributed by atoms with Crippen molar-refractivity contribution in [2.45, 2.75) is 78.7 Å². The van der Waals surface area contributed by atoms with Gasteiger partial charge in [0.15, 0.2) is 0 Å². The Balaban J connectivity index is 2.58. The smallest absolute Gasteiger partial charge is 0.0798 e. The molecule has 0 aliphatic heterocycles. The molecule has 1 nitrogen and oxygen atoms in total. The quantitative estimate of drug-likeness (QED) is 0.723. The molecule has 1 atom stereocenters. The molecule has 0 saturated carbocycles. The fraction of sp³-hybridized carbons (Fsp3) is 0.684. The summed E-state index contributed by atoms with van der Waals surface area (Å²) in [5.41, 5.74) is 5.66. The zero-order chi connectivity index (χ0) is 15.1. The Morgan fingerprint density at radius 1 is 1.10 bits per heavy atom. The minimum Gasteiger partial charge on any atom is -0.388 e. The van der Waals surface area contributed by atoms with E-state index in [1.54, 1.807) is 0 Å². The Kier molecular flexibility index (Phi) is 4.30. The fourth-order valence-corrected chi connectivity index (χ4v) is 3.37. The lowest BCUT2D eigenvalue weighted by atomic mass is 9.83. The predicted molar refractivity (Wildman–Crippen MR) is 86.3 cm³/mol. The number of rotatable bonds is 2. The summed E-state index contributed by atoms with van der Waals surface area (Å²) >= 11 is 0. The zero-order valence-electron chi connectivity index (χ0n) is 14.0. The molecule has 112 valence electrons. The molecule has 2 rings (SSSR count). The molecule has 0 bridgehead atoms. The number of fused-ring (bicyclic) bond motifs is 1. The molecule has 1 N–H and O–H groups in total. The lowest BCUT2D eigenvalue weighted by Crippen LogP contribution is -2.13. The second kappa shape index (κ2) is 5.52. The standard InChI is InChI=1S/C19H30O/c1-12(2)14-9-16(13(3)4)15-7-8-19(5,6)11-18(20)17(15)10-14/h9-10,12-13,18,20H,7-8,11H2,1-6H3. The highest BCUT2D eigenvalue weighted by Gasteiger charge is 2.30.